The van der Waals surface area contributed by atoms with Crippen LogP contribution in [0.1, 0.15) is 23.0 Å². The lowest BCUT2D eigenvalue weighted by molar-refractivity contribution is 0.0525. The maximum atomic E-state index is 13.4. The summed E-state index contributed by atoms with van der Waals surface area (Å²) in [4.78, 5) is 16.9. The number of esters is 1. The number of rotatable bonds is 6. The third kappa shape index (κ3) is 4.74. The van der Waals surface area contributed by atoms with Crippen LogP contribution in [-0.4, -0.2) is 27.2 Å². The smallest absolute Gasteiger partial charge is 0.340 e. The van der Waals surface area contributed by atoms with Gasteiger partial charge in [0.1, 0.15) is 23.9 Å². The summed E-state index contributed by atoms with van der Waals surface area (Å²) in [5.74, 6) is -0.712. The number of hydrogen-bond acceptors (Lipinski definition) is 5. The zero-order valence-corrected chi connectivity index (χ0v) is 19.4. The molecule has 0 atom stereocenters. The number of fused-ring (bicyclic) bond motifs is 1. The highest BCUT2D eigenvalue weighted by atomic mass is 35.5. The van der Waals surface area contributed by atoms with E-state index in [-0.39, 0.29) is 47.7 Å². The van der Waals surface area contributed by atoms with Crippen molar-refractivity contribution in [3.63, 3.8) is 0 Å². The first-order valence-electron chi connectivity index (χ1n) is 9.90. The van der Waals surface area contributed by atoms with Crippen molar-refractivity contribution in [3.8, 4) is 22.6 Å². The molecule has 0 saturated heterocycles. The third-order valence-corrected chi connectivity index (χ3v) is 5.44. The molecular weight excluding hydrogens is 470 g/mol. The van der Waals surface area contributed by atoms with Crippen LogP contribution in [0.4, 0.5) is 4.39 Å². The highest BCUT2D eigenvalue weighted by Crippen LogP contribution is 2.37. The molecule has 0 aliphatic carbocycles. The number of phenols is 1. The Kier molecular flexibility index (Phi) is 7.46. The van der Waals surface area contributed by atoms with Crippen molar-refractivity contribution in [1.82, 2.24) is 9.55 Å². The topological polar surface area (TPSA) is 73.6 Å². The second-order valence-electron chi connectivity index (χ2n) is 7.09. The van der Waals surface area contributed by atoms with Gasteiger partial charge in [-0.25, -0.2) is 9.18 Å². The van der Waals surface area contributed by atoms with Gasteiger partial charge in [-0.05, 0) is 43.3 Å². The maximum absolute atomic E-state index is 13.4. The Hall–Kier alpha value is -3.29. The number of halogens is 3. The number of benzene rings is 2. The highest BCUT2D eigenvalue weighted by Gasteiger charge is 2.24. The summed E-state index contributed by atoms with van der Waals surface area (Å²) in [6.07, 6.45) is 3.30. The van der Waals surface area contributed by atoms with Gasteiger partial charge >= 0.3 is 5.97 Å². The van der Waals surface area contributed by atoms with Crippen LogP contribution in [0.15, 0.2) is 54.9 Å². The summed E-state index contributed by atoms with van der Waals surface area (Å²) in [5, 5.41) is 11.3. The molecule has 4 rings (SSSR count). The minimum absolute atomic E-state index is 0. The molecule has 9 heteroatoms. The number of pyridine rings is 1. The van der Waals surface area contributed by atoms with E-state index in [2.05, 4.69) is 4.98 Å². The quantitative estimate of drug-likeness (QED) is 0.339. The molecule has 0 saturated carbocycles. The first kappa shape index (κ1) is 24.4. The first-order chi connectivity index (χ1) is 15.4. The van der Waals surface area contributed by atoms with Gasteiger partial charge in [0.25, 0.3) is 0 Å². The van der Waals surface area contributed by atoms with Crippen LogP contribution in [0, 0.1) is 5.82 Å². The fourth-order valence-electron chi connectivity index (χ4n) is 3.61. The summed E-state index contributed by atoms with van der Waals surface area (Å²) in [6.45, 7) is 1.89. The number of hydrogen-bond donors (Lipinski definition) is 1. The lowest BCUT2D eigenvalue weighted by Crippen LogP contribution is -2.11. The van der Waals surface area contributed by atoms with Gasteiger partial charge in [0, 0.05) is 41.5 Å². The van der Waals surface area contributed by atoms with E-state index in [0.717, 1.165) is 11.6 Å². The SMILES string of the molecule is CCOC(=O)c1c(COc2ccc(F)cc2Cl)n(C)c2cc(-c3cccnc3)c(O)cc12.Cl. The van der Waals surface area contributed by atoms with Crippen molar-refractivity contribution < 1.29 is 23.8 Å². The van der Waals surface area contributed by atoms with Crippen LogP contribution in [0.2, 0.25) is 5.02 Å². The lowest BCUT2D eigenvalue weighted by Gasteiger charge is -2.11. The van der Waals surface area contributed by atoms with E-state index in [9.17, 15) is 14.3 Å². The Morgan fingerprint density at radius 1 is 1.24 bits per heavy atom. The predicted octanol–water partition coefficient (Wildman–Crippen LogP) is 5.92. The van der Waals surface area contributed by atoms with E-state index < -0.39 is 11.8 Å². The summed E-state index contributed by atoms with van der Waals surface area (Å²) in [7, 11) is 1.79. The van der Waals surface area contributed by atoms with Crippen LogP contribution in [0.3, 0.4) is 0 Å². The summed E-state index contributed by atoms with van der Waals surface area (Å²) >= 11 is 6.07. The highest BCUT2D eigenvalue weighted by molar-refractivity contribution is 6.32. The van der Waals surface area contributed by atoms with Gasteiger partial charge in [-0.2, -0.15) is 0 Å². The van der Waals surface area contributed by atoms with E-state index in [1.807, 2.05) is 6.07 Å². The monoisotopic (exact) mass is 490 g/mol. The van der Waals surface area contributed by atoms with Crippen molar-refractivity contribution >= 4 is 40.9 Å². The molecule has 6 nitrogen and oxygen atoms in total. The molecular formula is C24H21Cl2FN2O4. The van der Waals surface area contributed by atoms with Gasteiger partial charge in [-0.3, -0.25) is 4.98 Å². The Labute approximate surface area is 200 Å². The number of aryl methyl sites for hydroxylation is 1. The summed E-state index contributed by atoms with van der Waals surface area (Å²) in [6, 6.07) is 10.8. The molecule has 1 N–H and O–H groups in total. The van der Waals surface area contributed by atoms with E-state index >= 15 is 0 Å². The summed E-state index contributed by atoms with van der Waals surface area (Å²) < 4.78 is 26.2. The molecule has 0 spiro atoms. The fraction of sp³-hybridized carbons (Fsp3) is 0.167. The van der Waals surface area contributed by atoms with E-state index in [1.165, 1.54) is 18.2 Å². The molecule has 2 aromatic heterocycles. The Balaban J connectivity index is 0.00000306. The van der Waals surface area contributed by atoms with Crippen molar-refractivity contribution in [2.45, 2.75) is 13.5 Å². The van der Waals surface area contributed by atoms with Gasteiger partial charge < -0.3 is 19.1 Å². The molecule has 0 unspecified atom stereocenters. The number of nitrogens with zero attached hydrogens (tertiary/aromatic N) is 2. The second kappa shape index (κ2) is 10.1. The molecule has 0 aliphatic heterocycles. The standard InChI is InChI=1S/C24H20ClFN2O4.ClH/c1-3-31-24(30)23-17-11-21(29)16(14-5-4-8-27-12-14)10-19(17)28(2)20(23)13-32-22-7-6-15(26)9-18(22)25;/h4-12,29H,3,13H2,1-2H3;1H. The average molecular weight is 491 g/mol. The van der Waals surface area contributed by atoms with E-state index in [1.54, 1.807) is 43.1 Å². The molecule has 0 fully saturated rings. The Morgan fingerprint density at radius 2 is 2.03 bits per heavy atom. The minimum atomic E-state index is -0.532. The number of carbonyl (C=O) groups is 1. The van der Waals surface area contributed by atoms with Gasteiger partial charge in [-0.1, -0.05) is 17.7 Å². The molecule has 4 aromatic rings. The molecule has 0 amide bonds. The summed E-state index contributed by atoms with van der Waals surface area (Å²) in [5.41, 5.74) is 2.84. The van der Waals surface area contributed by atoms with E-state index in [0.29, 0.717) is 22.2 Å². The maximum Gasteiger partial charge on any atom is 0.340 e. The second-order valence-corrected chi connectivity index (χ2v) is 7.50. The molecule has 2 aromatic carbocycles. The largest absolute Gasteiger partial charge is 0.507 e. The van der Waals surface area contributed by atoms with Crippen LogP contribution in [0.5, 0.6) is 11.5 Å². The number of aromatic nitrogens is 2. The molecule has 0 bridgehead atoms. The minimum Gasteiger partial charge on any atom is -0.507 e. The first-order valence-corrected chi connectivity index (χ1v) is 10.3. The van der Waals surface area contributed by atoms with Crippen LogP contribution in [0.25, 0.3) is 22.0 Å². The molecule has 33 heavy (non-hydrogen) atoms. The number of phenolic OH excluding ortho intramolecular Hbond substituents is 1. The molecule has 2 heterocycles. The third-order valence-electron chi connectivity index (χ3n) is 5.15. The normalized spacial score (nSPS) is 10.7. The fourth-order valence-corrected chi connectivity index (χ4v) is 3.84. The molecule has 0 radical (unpaired) electrons. The van der Waals surface area contributed by atoms with Crippen molar-refractivity contribution in [2.75, 3.05) is 6.61 Å². The van der Waals surface area contributed by atoms with E-state index in [4.69, 9.17) is 21.1 Å². The van der Waals surface area contributed by atoms with Gasteiger partial charge in [0.15, 0.2) is 0 Å². The van der Waals surface area contributed by atoms with Gasteiger partial charge in [0.05, 0.1) is 22.9 Å². The number of carbonyl (C=O) groups excluding carboxylic acids is 1. The zero-order chi connectivity index (χ0) is 22.8. The van der Waals surface area contributed by atoms with Crippen LogP contribution >= 0.6 is 24.0 Å². The van der Waals surface area contributed by atoms with Crippen molar-refractivity contribution in [1.29, 1.82) is 0 Å². The number of ether oxygens (including phenoxy) is 2. The lowest BCUT2D eigenvalue weighted by atomic mass is 10.0. The van der Waals surface area contributed by atoms with Crippen LogP contribution in [-0.2, 0) is 18.4 Å². The van der Waals surface area contributed by atoms with Crippen molar-refractivity contribution in [3.05, 3.63) is 77.0 Å². The Bertz CT molecular complexity index is 1310. The Morgan fingerprint density at radius 3 is 2.70 bits per heavy atom. The van der Waals surface area contributed by atoms with Gasteiger partial charge in [0.2, 0.25) is 0 Å². The molecule has 172 valence electrons. The van der Waals surface area contributed by atoms with Crippen LogP contribution < -0.4 is 4.74 Å². The van der Waals surface area contributed by atoms with Crippen molar-refractivity contribution in [2.24, 2.45) is 7.05 Å². The predicted molar refractivity (Wildman–Crippen MR) is 127 cm³/mol. The average Bonchev–Trinajstić information content (AvgIpc) is 3.04. The zero-order valence-electron chi connectivity index (χ0n) is 17.8. The number of aromatic hydroxyl groups is 1. The molecule has 0 aliphatic rings. The van der Waals surface area contributed by atoms with Gasteiger partial charge in [-0.15, -0.1) is 12.4 Å².